The second kappa shape index (κ2) is 5.83. The van der Waals surface area contributed by atoms with E-state index in [1.54, 1.807) is 4.90 Å². The Balaban J connectivity index is 2.86. The van der Waals surface area contributed by atoms with Crippen molar-refractivity contribution in [3.8, 4) is 0 Å². The lowest BCUT2D eigenvalue weighted by molar-refractivity contribution is -0.402. The van der Waals surface area contributed by atoms with E-state index < -0.39 is 10.8 Å². The van der Waals surface area contributed by atoms with Crippen LogP contribution in [0.15, 0.2) is 16.5 Å². The Morgan fingerprint density at radius 3 is 2.58 bits per heavy atom. The molecule has 1 heterocycles. The topological polar surface area (TPSA) is 103 Å². The average Bonchev–Trinajstić information content (AvgIpc) is 2.85. The van der Waals surface area contributed by atoms with Gasteiger partial charge in [-0.3, -0.25) is 14.9 Å². The number of carbonyl (C=O) groups excluding carboxylic acids is 1. The lowest BCUT2D eigenvalue weighted by Gasteiger charge is -2.30. The minimum absolute atomic E-state index is 0.0265. The number of nitro groups is 1. The highest BCUT2D eigenvalue weighted by atomic mass is 16.6. The van der Waals surface area contributed by atoms with Gasteiger partial charge < -0.3 is 15.1 Å². The van der Waals surface area contributed by atoms with Crippen LogP contribution in [0.3, 0.4) is 0 Å². The van der Waals surface area contributed by atoms with Crippen LogP contribution in [0.1, 0.15) is 31.3 Å². The third-order valence-electron chi connectivity index (χ3n) is 2.82. The van der Waals surface area contributed by atoms with E-state index in [-0.39, 0.29) is 17.1 Å². The monoisotopic (exact) mass is 269 g/mol. The van der Waals surface area contributed by atoms with Crippen molar-refractivity contribution in [2.45, 2.75) is 20.8 Å². The van der Waals surface area contributed by atoms with Gasteiger partial charge in [0, 0.05) is 13.1 Å². The maximum atomic E-state index is 12.2. The Morgan fingerprint density at radius 2 is 2.16 bits per heavy atom. The van der Waals surface area contributed by atoms with Gasteiger partial charge in [-0.05, 0) is 24.9 Å². The summed E-state index contributed by atoms with van der Waals surface area (Å²) in [5.41, 5.74) is 5.42. The predicted molar refractivity (Wildman–Crippen MR) is 69.8 cm³/mol. The minimum Gasteiger partial charge on any atom is -0.395 e. The third-order valence-corrected chi connectivity index (χ3v) is 2.82. The molecule has 0 aliphatic rings. The van der Waals surface area contributed by atoms with E-state index in [4.69, 9.17) is 10.2 Å². The number of hydrogen-bond acceptors (Lipinski definition) is 5. The molecular weight excluding hydrogens is 250 g/mol. The highest BCUT2D eigenvalue weighted by Gasteiger charge is 2.26. The number of furan rings is 1. The summed E-state index contributed by atoms with van der Waals surface area (Å²) in [5.74, 6) is -0.823. The molecule has 1 aromatic heterocycles. The van der Waals surface area contributed by atoms with Crippen molar-refractivity contribution >= 4 is 11.8 Å². The van der Waals surface area contributed by atoms with E-state index in [9.17, 15) is 14.9 Å². The van der Waals surface area contributed by atoms with Crippen LogP contribution in [-0.2, 0) is 0 Å². The van der Waals surface area contributed by atoms with Gasteiger partial charge in [-0.25, -0.2) is 0 Å². The first-order valence-electron chi connectivity index (χ1n) is 6.04. The molecular formula is C12H19N3O4. The van der Waals surface area contributed by atoms with Gasteiger partial charge in [0.25, 0.3) is 5.91 Å². The van der Waals surface area contributed by atoms with Crippen LogP contribution in [-0.4, -0.2) is 35.4 Å². The van der Waals surface area contributed by atoms with Crippen LogP contribution >= 0.6 is 0 Å². The van der Waals surface area contributed by atoms with Gasteiger partial charge in [0.2, 0.25) is 0 Å². The molecule has 7 nitrogen and oxygen atoms in total. The SMILES string of the molecule is CCN(CC(C)(C)CN)C(=O)c1ccc([N+](=O)[O-])o1. The molecule has 0 aliphatic carbocycles. The van der Waals surface area contributed by atoms with Gasteiger partial charge in [-0.2, -0.15) is 0 Å². The fraction of sp³-hybridized carbons (Fsp3) is 0.583. The fourth-order valence-corrected chi connectivity index (χ4v) is 1.61. The summed E-state index contributed by atoms with van der Waals surface area (Å²) in [4.78, 5) is 23.6. The Bertz CT molecular complexity index is 467. The first-order valence-corrected chi connectivity index (χ1v) is 6.04. The zero-order chi connectivity index (χ0) is 14.6. The standard InChI is InChI=1S/C12H19N3O4/c1-4-14(8-12(2,3)7-13)11(16)9-5-6-10(19-9)15(17)18/h5-6H,4,7-8,13H2,1-3H3. The molecule has 106 valence electrons. The molecule has 0 saturated carbocycles. The van der Waals surface area contributed by atoms with Gasteiger partial charge in [-0.1, -0.05) is 13.8 Å². The Kier molecular flexibility index (Phi) is 4.66. The molecule has 0 aromatic carbocycles. The molecule has 0 aliphatic heterocycles. The molecule has 0 bridgehead atoms. The third kappa shape index (κ3) is 3.78. The largest absolute Gasteiger partial charge is 0.433 e. The van der Waals surface area contributed by atoms with E-state index >= 15 is 0 Å². The van der Waals surface area contributed by atoms with Crippen LogP contribution in [0.5, 0.6) is 0 Å². The van der Waals surface area contributed by atoms with Crippen molar-refractivity contribution in [3.63, 3.8) is 0 Å². The first kappa shape index (κ1) is 15.2. The highest BCUT2D eigenvalue weighted by Crippen LogP contribution is 2.20. The molecule has 7 heteroatoms. The molecule has 0 spiro atoms. The van der Waals surface area contributed by atoms with Crippen LogP contribution in [0.25, 0.3) is 0 Å². The summed E-state index contributed by atoms with van der Waals surface area (Å²) in [6.45, 7) is 7.13. The molecule has 2 N–H and O–H groups in total. The van der Waals surface area contributed by atoms with Crippen LogP contribution < -0.4 is 5.73 Å². The molecule has 1 amide bonds. The summed E-state index contributed by atoms with van der Waals surface area (Å²) in [6.07, 6.45) is 0. The minimum atomic E-state index is -0.670. The number of nitrogens with two attached hydrogens (primary N) is 1. The molecule has 0 unspecified atom stereocenters. The van der Waals surface area contributed by atoms with Crippen LogP contribution in [0, 0.1) is 15.5 Å². The number of hydrogen-bond donors (Lipinski definition) is 1. The summed E-state index contributed by atoms with van der Waals surface area (Å²) >= 11 is 0. The maximum Gasteiger partial charge on any atom is 0.433 e. The van der Waals surface area contributed by atoms with E-state index in [1.165, 1.54) is 12.1 Å². The quantitative estimate of drug-likeness (QED) is 0.624. The highest BCUT2D eigenvalue weighted by molar-refractivity contribution is 5.91. The number of carbonyl (C=O) groups is 1. The van der Waals surface area contributed by atoms with Gasteiger partial charge in [0.1, 0.15) is 4.92 Å². The van der Waals surface area contributed by atoms with Gasteiger partial charge >= 0.3 is 5.88 Å². The van der Waals surface area contributed by atoms with Gasteiger partial charge in [0.05, 0.1) is 6.07 Å². The van der Waals surface area contributed by atoms with Gasteiger partial charge in [-0.15, -0.1) is 0 Å². The predicted octanol–water partition coefficient (Wildman–Crippen LogP) is 1.63. The smallest absolute Gasteiger partial charge is 0.395 e. The summed E-state index contributed by atoms with van der Waals surface area (Å²) in [6, 6.07) is 2.49. The molecule has 0 radical (unpaired) electrons. The fourth-order valence-electron chi connectivity index (χ4n) is 1.61. The van der Waals surface area contributed by atoms with Crippen molar-refractivity contribution in [3.05, 3.63) is 28.0 Å². The summed E-state index contributed by atoms with van der Waals surface area (Å²) in [5, 5.41) is 10.5. The summed E-state index contributed by atoms with van der Waals surface area (Å²) < 4.78 is 4.92. The van der Waals surface area contributed by atoms with Crippen molar-refractivity contribution in [1.82, 2.24) is 4.90 Å². The molecule has 0 fully saturated rings. The van der Waals surface area contributed by atoms with E-state index in [0.717, 1.165) is 0 Å². The Hall–Kier alpha value is -1.89. The first-order chi connectivity index (χ1) is 8.80. The van der Waals surface area contributed by atoms with Crippen molar-refractivity contribution in [2.24, 2.45) is 11.1 Å². The zero-order valence-corrected chi connectivity index (χ0v) is 11.4. The molecule has 1 aromatic rings. The normalized spacial score (nSPS) is 11.4. The maximum absolute atomic E-state index is 12.2. The molecule has 19 heavy (non-hydrogen) atoms. The van der Waals surface area contributed by atoms with E-state index in [0.29, 0.717) is 19.6 Å². The number of rotatable bonds is 6. The van der Waals surface area contributed by atoms with Crippen LogP contribution in [0.2, 0.25) is 0 Å². The van der Waals surface area contributed by atoms with E-state index in [2.05, 4.69) is 0 Å². The Labute approximate surface area is 111 Å². The van der Waals surface area contributed by atoms with Crippen molar-refractivity contribution in [1.29, 1.82) is 0 Å². The number of nitrogens with zero attached hydrogens (tertiary/aromatic N) is 2. The van der Waals surface area contributed by atoms with Crippen molar-refractivity contribution in [2.75, 3.05) is 19.6 Å². The second-order valence-corrected chi connectivity index (χ2v) is 5.08. The lowest BCUT2D eigenvalue weighted by atomic mass is 9.93. The second-order valence-electron chi connectivity index (χ2n) is 5.08. The Morgan fingerprint density at radius 1 is 1.53 bits per heavy atom. The average molecular weight is 269 g/mol. The van der Waals surface area contributed by atoms with Crippen LogP contribution in [0.4, 0.5) is 5.88 Å². The van der Waals surface area contributed by atoms with Crippen molar-refractivity contribution < 1.29 is 14.1 Å². The summed E-state index contributed by atoms with van der Waals surface area (Å²) in [7, 11) is 0. The molecule has 0 atom stereocenters. The number of amides is 1. The zero-order valence-electron chi connectivity index (χ0n) is 11.4. The van der Waals surface area contributed by atoms with Gasteiger partial charge in [0.15, 0.2) is 5.76 Å². The van der Waals surface area contributed by atoms with E-state index in [1.807, 2.05) is 20.8 Å². The lowest BCUT2D eigenvalue weighted by Crippen LogP contribution is -2.41. The molecule has 1 rings (SSSR count). The molecule has 0 saturated heterocycles.